The SMILES string of the molecule is CCCCn1c(N)c(N(CCOC)C(=O)COC(=O)c2cccc(-n3cnnn3)c2)c(=O)[nH]c1=O. The molecule has 0 atom stereocenters. The number of rotatable bonds is 11. The van der Waals surface area contributed by atoms with Crippen LogP contribution in [0, 0.1) is 0 Å². The smallest absolute Gasteiger partial charge is 0.338 e. The summed E-state index contributed by atoms with van der Waals surface area (Å²) in [6, 6.07) is 6.31. The molecule has 3 aromatic rings. The zero-order chi connectivity index (χ0) is 25.4. The number of hydrogen-bond donors (Lipinski definition) is 2. The van der Waals surface area contributed by atoms with Crippen molar-refractivity contribution in [3.63, 3.8) is 0 Å². The van der Waals surface area contributed by atoms with Gasteiger partial charge in [-0.1, -0.05) is 19.4 Å². The third-order valence-corrected chi connectivity index (χ3v) is 5.06. The van der Waals surface area contributed by atoms with E-state index in [4.69, 9.17) is 15.2 Å². The number of nitrogens with zero attached hydrogens (tertiary/aromatic N) is 6. The molecule has 0 bridgehead atoms. The molecule has 0 saturated carbocycles. The predicted octanol–water partition coefficient (Wildman–Crippen LogP) is -0.269. The van der Waals surface area contributed by atoms with Crippen molar-refractivity contribution in [3.8, 4) is 5.69 Å². The molecule has 14 heteroatoms. The van der Waals surface area contributed by atoms with Gasteiger partial charge in [0, 0.05) is 20.2 Å². The number of H-pyrrole nitrogens is 1. The molecule has 1 amide bonds. The van der Waals surface area contributed by atoms with E-state index >= 15 is 0 Å². The molecule has 3 N–H and O–H groups in total. The van der Waals surface area contributed by atoms with Gasteiger partial charge in [-0.2, -0.15) is 0 Å². The van der Waals surface area contributed by atoms with Crippen LogP contribution in [-0.2, 0) is 20.8 Å². The van der Waals surface area contributed by atoms with E-state index in [-0.39, 0.29) is 36.8 Å². The maximum atomic E-state index is 13.0. The van der Waals surface area contributed by atoms with Crippen molar-refractivity contribution in [2.24, 2.45) is 0 Å². The Hall–Kier alpha value is -4.33. The minimum atomic E-state index is -0.829. The maximum absolute atomic E-state index is 13.0. The van der Waals surface area contributed by atoms with E-state index in [0.29, 0.717) is 12.1 Å². The Morgan fingerprint density at radius 1 is 1.26 bits per heavy atom. The summed E-state index contributed by atoms with van der Waals surface area (Å²) in [5.74, 6) is -1.64. The highest BCUT2D eigenvalue weighted by Gasteiger charge is 2.25. The molecule has 0 fully saturated rings. The Kier molecular flexibility index (Phi) is 8.45. The van der Waals surface area contributed by atoms with Gasteiger partial charge in [-0.3, -0.25) is 24.0 Å². The number of esters is 1. The van der Waals surface area contributed by atoms with E-state index in [0.717, 1.165) is 11.3 Å². The van der Waals surface area contributed by atoms with E-state index < -0.39 is 29.7 Å². The van der Waals surface area contributed by atoms with Crippen LogP contribution in [-0.4, -0.2) is 68.5 Å². The fraction of sp³-hybridized carbons (Fsp3) is 0.381. The second kappa shape index (κ2) is 11.7. The van der Waals surface area contributed by atoms with Crippen molar-refractivity contribution >= 4 is 23.4 Å². The number of methoxy groups -OCH3 is 1. The van der Waals surface area contributed by atoms with E-state index in [9.17, 15) is 19.2 Å². The fourth-order valence-corrected chi connectivity index (χ4v) is 3.26. The number of benzene rings is 1. The summed E-state index contributed by atoms with van der Waals surface area (Å²) in [5.41, 5.74) is 5.11. The third kappa shape index (κ3) is 5.97. The number of nitrogens with one attached hydrogen (secondary N) is 1. The summed E-state index contributed by atoms with van der Waals surface area (Å²) in [6.07, 6.45) is 2.80. The van der Waals surface area contributed by atoms with Gasteiger partial charge in [-0.05, 0) is 35.0 Å². The molecule has 0 radical (unpaired) electrons. The Balaban J connectivity index is 1.81. The second-order valence-corrected chi connectivity index (χ2v) is 7.42. The Morgan fingerprint density at radius 3 is 2.74 bits per heavy atom. The van der Waals surface area contributed by atoms with Crippen LogP contribution in [0.15, 0.2) is 40.2 Å². The van der Waals surface area contributed by atoms with Gasteiger partial charge in [0.15, 0.2) is 12.3 Å². The molecule has 0 aliphatic carbocycles. The number of nitrogens with two attached hydrogens (primary N) is 1. The Morgan fingerprint density at radius 2 is 2.06 bits per heavy atom. The van der Waals surface area contributed by atoms with Crippen LogP contribution < -0.4 is 21.9 Å². The van der Waals surface area contributed by atoms with Gasteiger partial charge >= 0.3 is 11.7 Å². The summed E-state index contributed by atoms with van der Waals surface area (Å²) in [5, 5.41) is 10.8. The Bertz CT molecular complexity index is 1280. The highest BCUT2D eigenvalue weighted by Crippen LogP contribution is 2.18. The van der Waals surface area contributed by atoms with Gasteiger partial charge in [-0.15, -0.1) is 5.10 Å². The average molecular weight is 486 g/mol. The highest BCUT2D eigenvalue weighted by atomic mass is 16.5. The van der Waals surface area contributed by atoms with Crippen molar-refractivity contribution in [2.75, 3.05) is 37.5 Å². The lowest BCUT2D eigenvalue weighted by molar-refractivity contribution is -0.121. The summed E-state index contributed by atoms with van der Waals surface area (Å²) in [6.45, 7) is 1.55. The van der Waals surface area contributed by atoms with Gasteiger partial charge in [-0.25, -0.2) is 14.3 Å². The molecule has 3 rings (SSSR count). The van der Waals surface area contributed by atoms with Crippen molar-refractivity contribution in [1.29, 1.82) is 0 Å². The maximum Gasteiger partial charge on any atom is 0.338 e. The van der Waals surface area contributed by atoms with E-state index in [1.165, 1.54) is 34.8 Å². The van der Waals surface area contributed by atoms with Crippen LogP contribution >= 0.6 is 0 Å². The number of hydrogen-bond acceptors (Lipinski definition) is 10. The molecule has 0 spiro atoms. The predicted molar refractivity (Wildman–Crippen MR) is 124 cm³/mol. The molecule has 35 heavy (non-hydrogen) atoms. The first-order valence-corrected chi connectivity index (χ1v) is 10.8. The molecule has 0 aliphatic rings. The largest absolute Gasteiger partial charge is 0.452 e. The number of carbonyl (C=O) groups is 2. The lowest BCUT2D eigenvalue weighted by Crippen LogP contribution is -2.44. The van der Waals surface area contributed by atoms with E-state index in [1.807, 2.05) is 6.92 Å². The van der Waals surface area contributed by atoms with Gasteiger partial charge in [0.25, 0.3) is 11.5 Å². The van der Waals surface area contributed by atoms with Crippen LogP contribution in [0.5, 0.6) is 0 Å². The first-order chi connectivity index (χ1) is 16.9. The summed E-state index contributed by atoms with van der Waals surface area (Å²) in [7, 11) is 1.43. The van der Waals surface area contributed by atoms with E-state index in [2.05, 4.69) is 20.5 Å². The van der Waals surface area contributed by atoms with Gasteiger partial charge in [0.2, 0.25) is 0 Å². The monoisotopic (exact) mass is 486 g/mol. The first kappa shape index (κ1) is 25.3. The molecule has 2 heterocycles. The normalized spacial score (nSPS) is 10.8. The molecule has 1 aromatic carbocycles. The van der Waals surface area contributed by atoms with Crippen LogP contribution in [0.2, 0.25) is 0 Å². The summed E-state index contributed by atoms with van der Waals surface area (Å²) in [4.78, 5) is 53.7. The van der Waals surface area contributed by atoms with Crippen molar-refractivity contribution in [3.05, 3.63) is 57.0 Å². The molecular weight excluding hydrogens is 460 g/mol. The minimum Gasteiger partial charge on any atom is -0.452 e. The number of anilines is 2. The minimum absolute atomic E-state index is 0.0546. The van der Waals surface area contributed by atoms with Crippen LogP contribution in [0.1, 0.15) is 30.1 Å². The molecule has 186 valence electrons. The number of tetrazole rings is 1. The zero-order valence-corrected chi connectivity index (χ0v) is 19.3. The number of amides is 1. The van der Waals surface area contributed by atoms with Gasteiger partial charge in [0.1, 0.15) is 12.1 Å². The number of ether oxygens (including phenoxy) is 2. The molecule has 14 nitrogen and oxygen atoms in total. The number of aromatic nitrogens is 6. The lowest BCUT2D eigenvalue weighted by Gasteiger charge is -2.24. The molecule has 0 unspecified atom stereocenters. The van der Waals surface area contributed by atoms with Crippen LogP contribution in [0.4, 0.5) is 11.5 Å². The fourth-order valence-electron chi connectivity index (χ4n) is 3.26. The van der Waals surface area contributed by atoms with E-state index in [1.54, 1.807) is 12.1 Å². The lowest BCUT2D eigenvalue weighted by atomic mass is 10.2. The van der Waals surface area contributed by atoms with Crippen molar-refractivity contribution in [1.82, 2.24) is 29.8 Å². The van der Waals surface area contributed by atoms with Crippen LogP contribution in [0.25, 0.3) is 5.69 Å². The number of unbranched alkanes of at least 4 members (excludes halogenated alkanes) is 1. The molecule has 0 aliphatic heterocycles. The third-order valence-electron chi connectivity index (χ3n) is 5.06. The average Bonchev–Trinajstić information content (AvgIpc) is 3.39. The quantitative estimate of drug-likeness (QED) is 0.342. The van der Waals surface area contributed by atoms with Crippen LogP contribution in [0.3, 0.4) is 0 Å². The summed E-state index contributed by atoms with van der Waals surface area (Å²) < 4.78 is 12.8. The summed E-state index contributed by atoms with van der Waals surface area (Å²) >= 11 is 0. The zero-order valence-electron chi connectivity index (χ0n) is 19.3. The topological polar surface area (TPSA) is 180 Å². The van der Waals surface area contributed by atoms with Gasteiger partial charge in [0.05, 0.1) is 17.9 Å². The molecule has 0 saturated heterocycles. The van der Waals surface area contributed by atoms with Gasteiger partial charge < -0.3 is 15.2 Å². The number of nitrogen functional groups attached to an aromatic ring is 1. The first-order valence-electron chi connectivity index (χ1n) is 10.8. The molecule has 2 aromatic heterocycles. The van der Waals surface area contributed by atoms with Crippen molar-refractivity contribution in [2.45, 2.75) is 26.3 Å². The number of aromatic amines is 1. The Labute approximate surface area is 199 Å². The van der Waals surface area contributed by atoms with Crippen molar-refractivity contribution < 1.29 is 19.1 Å². The second-order valence-electron chi connectivity index (χ2n) is 7.42. The highest BCUT2D eigenvalue weighted by molar-refractivity contribution is 5.98. The molecular formula is C21H26N8O6. The standard InChI is InChI=1S/C21H26N8O6/c1-3-4-8-28-18(22)17(19(31)24-21(28)33)27(9-10-34-2)16(30)12-35-20(32)14-6-5-7-15(11-14)29-13-23-25-26-29/h5-7,11,13H,3-4,8-10,12,22H2,1-2H3,(H,24,31,33). The number of carbonyl (C=O) groups excluding carboxylic acids is 2.